The lowest BCUT2D eigenvalue weighted by molar-refractivity contribution is -0.137. The molecule has 0 aromatic heterocycles. The molecule has 0 heterocycles. The molecule has 8 heteroatoms. The molecule has 5 nitrogen and oxygen atoms in total. The first-order chi connectivity index (χ1) is 11.3. The van der Waals surface area contributed by atoms with Crippen molar-refractivity contribution in [1.82, 2.24) is 10.2 Å². The van der Waals surface area contributed by atoms with E-state index < -0.39 is 17.6 Å². The Morgan fingerprint density at radius 2 is 1.79 bits per heavy atom. The van der Waals surface area contributed by atoms with E-state index in [0.717, 1.165) is 24.3 Å². The van der Waals surface area contributed by atoms with Crippen LogP contribution in [0.2, 0.25) is 0 Å². The molecule has 24 heavy (non-hydrogen) atoms. The second-order valence-electron chi connectivity index (χ2n) is 5.18. The zero-order chi connectivity index (χ0) is 18.2. The lowest BCUT2D eigenvalue weighted by Crippen LogP contribution is -2.38. The average molecular weight is 346 g/mol. The summed E-state index contributed by atoms with van der Waals surface area (Å²) in [4.78, 5) is 25.0. The molecule has 1 aromatic rings. The molecule has 0 saturated heterocycles. The molecular weight excluding hydrogens is 325 g/mol. The van der Waals surface area contributed by atoms with Crippen LogP contribution in [-0.4, -0.2) is 50.1 Å². The van der Waals surface area contributed by atoms with Crippen molar-refractivity contribution in [3.8, 4) is 0 Å². The van der Waals surface area contributed by atoms with E-state index in [9.17, 15) is 22.8 Å². The van der Waals surface area contributed by atoms with Gasteiger partial charge in [0.25, 0.3) is 5.91 Å². The second kappa shape index (κ2) is 9.27. The zero-order valence-electron chi connectivity index (χ0n) is 13.7. The maximum absolute atomic E-state index is 12.5. The molecule has 0 unspecified atom stereocenters. The van der Waals surface area contributed by atoms with Gasteiger partial charge >= 0.3 is 6.18 Å². The fourth-order valence-electron chi connectivity index (χ4n) is 2.04. The maximum atomic E-state index is 12.5. The van der Waals surface area contributed by atoms with E-state index in [0.29, 0.717) is 26.1 Å². The molecule has 1 aromatic carbocycles. The standard InChI is InChI=1S/C16H21F3N2O3/c1-12(22)21(9-3-11-24-2)10-8-20-15(23)13-4-6-14(7-5-13)16(17,18)19/h4-7H,3,8-11H2,1-2H3,(H,20,23). The number of nitrogens with one attached hydrogen (secondary N) is 1. The Hall–Kier alpha value is -2.09. The van der Waals surface area contributed by atoms with Crippen LogP contribution in [0, 0.1) is 0 Å². The number of benzene rings is 1. The largest absolute Gasteiger partial charge is 0.416 e. The molecule has 134 valence electrons. The topological polar surface area (TPSA) is 58.6 Å². The van der Waals surface area contributed by atoms with Crippen LogP contribution < -0.4 is 5.32 Å². The summed E-state index contributed by atoms with van der Waals surface area (Å²) in [6.45, 7) is 3.02. The number of ether oxygens (including phenoxy) is 1. The van der Waals surface area contributed by atoms with Gasteiger partial charge in [-0.2, -0.15) is 13.2 Å². The van der Waals surface area contributed by atoms with Crippen molar-refractivity contribution in [1.29, 1.82) is 0 Å². The minimum Gasteiger partial charge on any atom is -0.385 e. The monoisotopic (exact) mass is 346 g/mol. The summed E-state index contributed by atoms with van der Waals surface area (Å²) < 4.78 is 42.3. The highest BCUT2D eigenvalue weighted by Gasteiger charge is 2.30. The Balaban J connectivity index is 2.48. The molecule has 0 atom stereocenters. The smallest absolute Gasteiger partial charge is 0.385 e. The highest BCUT2D eigenvalue weighted by Crippen LogP contribution is 2.28. The Morgan fingerprint density at radius 3 is 2.29 bits per heavy atom. The summed E-state index contributed by atoms with van der Waals surface area (Å²) >= 11 is 0. The van der Waals surface area contributed by atoms with Gasteiger partial charge in [0, 0.05) is 45.8 Å². The van der Waals surface area contributed by atoms with Gasteiger partial charge in [-0.25, -0.2) is 0 Å². The molecule has 0 fully saturated rings. The van der Waals surface area contributed by atoms with Gasteiger partial charge in [0.15, 0.2) is 0 Å². The molecule has 1 rings (SSSR count). The van der Waals surface area contributed by atoms with Crippen molar-refractivity contribution in [2.75, 3.05) is 33.4 Å². The van der Waals surface area contributed by atoms with E-state index in [1.54, 1.807) is 12.0 Å². The third-order valence-corrected chi connectivity index (χ3v) is 3.36. The fraction of sp³-hybridized carbons (Fsp3) is 0.500. The van der Waals surface area contributed by atoms with E-state index >= 15 is 0 Å². The fourth-order valence-corrected chi connectivity index (χ4v) is 2.04. The summed E-state index contributed by atoms with van der Waals surface area (Å²) in [7, 11) is 1.57. The van der Waals surface area contributed by atoms with E-state index in [1.165, 1.54) is 6.92 Å². The molecular formula is C16H21F3N2O3. The number of hydrogen-bond acceptors (Lipinski definition) is 3. The number of carbonyl (C=O) groups excluding carboxylic acids is 2. The van der Waals surface area contributed by atoms with Crippen LogP contribution in [0.5, 0.6) is 0 Å². The van der Waals surface area contributed by atoms with Gasteiger partial charge in [0.2, 0.25) is 5.91 Å². The quantitative estimate of drug-likeness (QED) is 0.735. The third kappa shape index (κ3) is 6.57. The highest BCUT2D eigenvalue weighted by molar-refractivity contribution is 5.94. The predicted octanol–water partition coefficient (Wildman–Crippen LogP) is 2.32. The van der Waals surface area contributed by atoms with Crippen LogP contribution in [0.15, 0.2) is 24.3 Å². The summed E-state index contributed by atoms with van der Waals surface area (Å²) in [5.41, 5.74) is -0.670. The molecule has 0 spiro atoms. The van der Waals surface area contributed by atoms with Gasteiger partial charge < -0.3 is 15.0 Å². The number of rotatable bonds is 8. The summed E-state index contributed by atoms with van der Waals surface area (Å²) in [6.07, 6.45) is -3.75. The van der Waals surface area contributed by atoms with Gasteiger partial charge in [0.1, 0.15) is 0 Å². The van der Waals surface area contributed by atoms with Crippen LogP contribution in [0.3, 0.4) is 0 Å². The Morgan fingerprint density at radius 1 is 1.17 bits per heavy atom. The van der Waals surface area contributed by atoms with Crippen molar-refractivity contribution < 1.29 is 27.5 Å². The Bertz CT molecular complexity index is 544. The minimum absolute atomic E-state index is 0.116. The van der Waals surface area contributed by atoms with Crippen LogP contribution in [0.4, 0.5) is 13.2 Å². The van der Waals surface area contributed by atoms with Crippen molar-refractivity contribution in [2.24, 2.45) is 0 Å². The van der Waals surface area contributed by atoms with Gasteiger partial charge in [-0.3, -0.25) is 9.59 Å². The number of amides is 2. The number of carbonyl (C=O) groups is 2. The zero-order valence-corrected chi connectivity index (χ0v) is 13.7. The van der Waals surface area contributed by atoms with Gasteiger partial charge in [0.05, 0.1) is 5.56 Å². The highest BCUT2D eigenvalue weighted by atomic mass is 19.4. The van der Waals surface area contributed by atoms with Gasteiger partial charge in [-0.1, -0.05) is 0 Å². The molecule has 0 saturated carbocycles. The van der Waals surface area contributed by atoms with Crippen LogP contribution in [0.1, 0.15) is 29.3 Å². The number of alkyl halides is 3. The van der Waals surface area contributed by atoms with Crippen LogP contribution in [-0.2, 0) is 15.7 Å². The third-order valence-electron chi connectivity index (χ3n) is 3.36. The second-order valence-corrected chi connectivity index (χ2v) is 5.18. The van der Waals surface area contributed by atoms with E-state index in [-0.39, 0.29) is 18.0 Å². The molecule has 0 aliphatic carbocycles. The van der Waals surface area contributed by atoms with E-state index in [2.05, 4.69) is 5.32 Å². The first-order valence-electron chi connectivity index (χ1n) is 7.45. The van der Waals surface area contributed by atoms with E-state index in [1.807, 2.05) is 0 Å². The molecule has 1 N–H and O–H groups in total. The van der Waals surface area contributed by atoms with Crippen molar-refractivity contribution in [2.45, 2.75) is 19.5 Å². The summed E-state index contributed by atoms with van der Waals surface area (Å²) in [5, 5.41) is 2.59. The molecule has 0 aliphatic heterocycles. The Labute approximate surface area is 138 Å². The molecule has 2 amide bonds. The van der Waals surface area contributed by atoms with Crippen molar-refractivity contribution >= 4 is 11.8 Å². The average Bonchev–Trinajstić information content (AvgIpc) is 2.52. The maximum Gasteiger partial charge on any atom is 0.416 e. The Kier molecular flexibility index (Phi) is 7.70. The van der Waals surface area contributed by atoms with Gasteiger partial charge in [-0.15, -0.1) is 0 Å². The number of hydrogen-bond donors (Lipinski definition) is 1. The molecule has 0 bridgehead atoms. The molecule has 0 radical (unpaired) electrons. The first kappa shape index (κ1) is 20.0. The SMILES string of the molecule is COCCCN(CCNC(=O)c1ccc(C(F)(F)F)cc1)C(C)=O. The lowest BCUT2D eigenvalue weighted by atomic mass is 10.1. The van der Waals surface area contributed by atoms with Crippen molar-refractivity contribution in [3.63, 3.8) is 0 Å². The van der Waals surface area contributed by atoms with E-state index in [4.69, 9.17) is 4.74 Å². The van der Waals surface area contributed by atoms with Crippen molar-refractivity contribution in [3.05, 3.63) is 35.4 Å². The van der Waals surface area contributed by atoms with Crippen LogP contribution >= 0.6 is 0 Å². The molecule has 0 aliphatic rings. The normalized spacial score (nSPS) is 11.2. The van der Waals surface area contributed by atoms with Crippen LogP contribution in [0.25, 0.3) is 0 Å². The number of methoxy groups -OCH3 is 1. The predicted molar refractivity (Wildman–Crippen MR) is 82.5 cm³/mol. The number of halogens is 3. The minimum atomic E-state index is -4.43. The lowest BCUT2D eigenvalue weighted by Gasteiger charge is -2.21. The number of nitrogens with zero attached hydrogens (tertiary/aromatic N) is 1. The summed E-state index contributed by atoms with van der Waals surface area (Å²) in [5.74, 6) is -0.598. The first-order valence-corrected chi connectivity index (χ1v) is 7.45. The van der Waals surface area contributed by atoms with Gasteiger partial charge in [-0.05, 0) is 30.7 Å². The summed E-state index contributed by atoms with van der Waals surface area (Å²) in [6, 6.07) is 3.97.